The maximum atomic E-state index is 13.0. The third-order valence-corrected chi connectivity index (χ3v) is 18.3. The number of phosphoric ester groups is 2. The number of rotatable bonds is 72. The van der Waals surface area contributed by atoms with Gasteiger partial charge < -0.3 is 33.8 Å². The van der Waals surface area contributed by atoms with Crippen molar-refractivity contribution in [3.8, 4) is 0 Å². The summed E-state index contributed by atoms with van der Waals surface area (Å²) in [6.45, 7) is 4.86. The Hall–Kier alpha value is -2.46. The van der Waals surface area contributed by atoms with Crippen LogP contribution in [0, 0.1) is 0 Å². The molecule has 0 aliphatic heterocycles. The lowest BCUT2D eigenvalue weighted by molar-refractivity contribution is -0.161. The van der Waals surface area contributed by atoms with Crippen molar-refractivity contribution in [3.05, 3.63) is 24.3 Å². The normalized spacial score (nSPS) is 14.1. The van der Waals surface area contributed by atoms with Gasteiger partial charge in [0.25, 0.3) is 0 Å². The summed E-state index contributed by atoms with van der Waals surface area (Å²) in [7, 11) is -9.91. The smallest absolute Gasteiger partial charge is 0.462 e. The minimum atomic E-state index is -4.96. The number of ether oxygens (including phenoxy) is 4. The summed E-state index contributed by atoms with van der Waals surface area (Å²) >= 11 is 0. The molecule has 0 aromatic heterocycles. The van der Waals surface area contributed by atoms with E-state index in [1.54, 1.807) is 0 Å². The molecule has 0 aliphatic rings. The second kappa shape index (κ2) is 67.1. The molecule has 0 heterocycles. The van der Waals surface area contributed by atoms with E-state index >= 15 is 0 Å². The molecule has 0 aromatic rings. The number of aliphatic hydroxyl groups is 1. The number of aliphatic hydroxyl groups excluding tert-OH is 1. The summed E-state index contributed by atoms with van der Waals surface area (Å²) in [5, 5.41) is 10.6. The third-order valence-electron chi connectivity index (χ3n) is 16.4. The lowest BCUT2D eigenvalue weighted by Gasteiger charge is -2.21. The number of phosphoric acid groups is 2. The van der Waals surface area contributed by atoms with E-state index in [9.17, 15) is 43.2 Å². The van der Waals surface area contributed by atoms with Crippen LogP contribution in [0.15, 0.2) is 24.3 Å². The Labute approximate surface area is 561 Å². The fourth-order valence-electron chi connectivity index (χ4n) is 10.7. The second-order valence-electron chi connectivity index (χ2n) is 25.6. The molecule has 5 unspecified atom stereocenters. The standard InChI is InChI=1S/C73H138O17P2/c1-5-9-13-17-21-25-29-32-33-36-39-42-46-50-54-58-71(76)84-64-69(90-73(78)60-56-52-48-44-40-35-31-27-23-19-15-11-7-3)66-88-92(81,82)86-62-67(74)61-85-91(79,80)87-65-68(89-72(77)59-55-51-47-43-37-28-24-20-16-12-8-4)63-83-70(75)57-53-49-45-41-38-34-30-26-22-18-14-10-6-2/h15,19,27,31,67-69,74H,5-14,16-18,20-26,28-30,32-66H2,1-4H3,(H,79,80)(H,81,82)/b19-15-,31-27-. The van der Waals surface area contributed by atoms with Crippen molar-refractivity contribution in [2.45, 2.75) is 380 Å². The fourth-order valence-corrected chi connectivity index (χ4v) is 12.3. The molecule has 0 fully saturated rings. The molecule has 0 aromatic carbocycles. The highest BCUT2D eigenvalue weighted by Gasteiger charge is 2.30. The molecule has 3 N–H and O–H groups in total. The maximum absolute atomic E-state index is 13.0. The lowest BCUT2D eigenvalue weighted by atomic mass is 10.0. The van der Waals surface area contributed by atoms with Crippen molar-refractivity contribution in [1.29, 1.82) is 0 Å². The summed E-state index contributed by atoms with van der Waals surface area (Å²) in [4.78, 5) is 72.7. The number of unbranched alkanes of at least 4 members (excludes halogenated alkanes) is 42. The first-order chi connectivity index (χ1) is 44.7. The van der Waals surface area contributed by atoms with E-state index in [0.717, 1.165) is 116 Å². The van der Waals surface area contributed by atoms with Crippen LogP contribution >= 0.6 is 15.6 Å². The molecule has 542 valence electrons. The Morgan fingerprint density at radius 2 is 0.554 bits per heavy atom. The monoisotopic (exact) mass is 1350 g/mol. The van der Waals surface area contributed by atoms with Crippen molar-refractivity contribution in [2.75, 3.05) is 39.6 Å². The molecule has 17 nitrogen and oxygen atoms in total. The molecule has 0 rings (SSSR count). The van der Waals surface area contributed by atoms with Crippen LogP contribution < -0.4 is 0 Å². The summed E-state index contributed by atoms with van der Waals surface area (Å²) in [5.74, 6) is -2.14. The molecule has 5 atom stereocenters. The third kappa shape index (κ3) is 66.2. The van der Waals surface area contributed by atoms with Gasteiger partial charge in [-0.05, 0) is 51.4 Å². The average Bonchev–Trinajstić information content (AvgIpc) is 1.82. The van der Waals surface area contributed by atoms with Crippen molar-refractivity contribution in [1.82, 2.24) is 0 Å². The molecule has 0 amide bonds. The summed E-state index contributed by atoms with van der Waals surface area (Å²) in [5.41, 5.74) is 0. The number of hydrogen-bond acceptors (Lipinski definition) is 15. The first-order valence-electron chi connectivity index (χ1n) is 37.6. The van der Waals surface area contributed by atoms with E-state index in [0.29, 0.717) is 25.7 Å². The second-order valence-corrected chi connectivity index (χ2v) is 28.5. The van der Waals surface area contributed by atoms with Gasteiger partial charge in [0.15, 0.2) is 12.2 Å². The van der Waals surface area contributed by atoms with Crippen LogP contribution in [-0.2, 0) is 65.4 Å². The number of esters is 4. The minimum Gasteiger partial charge on any atom is -0.462 e. The van der Waals surface area contributed by atoms with Gasteiger partial charge in [0.2, 0.25) is 0 Å². The van der Waals surface area contributed by atoms with Crippen molar-refractivity contribution in [2.24, 2.45) is 0 Å². The summed E-state index contributed by atoms with van der Waals surface area (Å²) in [6, 6.07) is 0. The first kappa shape index (κ1) is 89.5. The Kier molecular flexibility index (Phi) is 65.3. The molecule has 0 aliphatic carbocycles. The Balaban J connectivity index is 5.26. The highest BCUT2D eigenvalue weighted by Crippen LogP contribution is 2.45. The van der Waals surface area contributed by atoms with E-state index in [1.165, 1.54) is 167 Å². The topological polar surface area (TPSA) is 237 Å². The molecule has 0 spiro atoms. The highest BCUT2D eigenvalue weighted by atomic mass is 31.2. The molecule has 92 heavy (non-hydrogen) atoms. The molecular formula is C73H138O17P2. The Bertz CT molecular complexity index is 1850. The Morgan fingerprint density at radius 3 is 0.848 bits per heavy atom. The zero-order valence-corrected chi connectivity index (χ0v) is 60.8. The van der Waals surface area contributed by atoms with Crippen LogP contribution in [-0.4, -0.2) is 96.7 Å². The average molecular weight is 1350 g/mol. The predicted molar refractivity (Wildman–Crippen MR) is 372 cm³/mol. The van der Waals surface area contributed by atoms with Gasteiger partial charge in [0.1, 0.15) is 19.3 Å². The van der Waals surface area contributed by atoms with E-state index < -0.39 is 97.5 Å². The SMILES string of the molecule is CCC/C=C\C/C=C\CCCCCCCC(=O)OC(COC(=O)CCCCCCCCCCCCCCCCC)COP(=O)(O)OCC(O)COP(=O)(O)OCC(COC(=O)CCCCCCCCCCCCCCC)OC(=O)CCCCCCCCCCCCC. The van der Waals surface area contributed by atoms with Gasteiger partial charge >= 0.3 is 39.5 Å². The van der Waals surface area contributed by atoms with E-state index in [4.69, 9.17) is 37.0 Å². The van der Waals surface area contributed by atoms with Gasteiger partial charge in [-0.15, -0.1) is 0 Å². The van der Waals surface area contributed by atoms with Gasteiger partial charge in [-0.25, -0.2) is 9.13 Å². The van der Waals surface area contributed by atoms with Crippen molar-refractivity contribution in [3.63, 3.8) is 0 Å². The number of carbonyl (C=O) groups excluding carboxylic acids is 4. The van der Waals surface area contributed by atoms with Gasteiger partial charge in [-0.2, -0.15) is 0 Å². The predicted octanol–water partition coefficient (Wildman–Crippen LogP) is 21.0. The van der Waals surface area contributed by atoms with Crippen molar-refractivity contribution < 1.29 is 80.2 Å². The van der Waals surface area contributed by atoms with Gasteiger partial charge in [-0.3, -0.25) is 37.3 Å². The first-order valence-corrected chi connectivity index (χ1v) is 40.6. The minimum absolute atomic E-state index is 0.0871. The molecule has 0 bridgehead atoms. The molecule has 0 saturated carbocycles. The van der Waals surface area contributed by atoms with Crippen LogP contribution in [0.25, 0.3) is 0 Å². The largest absolute Gasteiger partial charge is 0.472 e. The van der Waals surface area contributed by atoms with Crippen LogP contribution in [0.1, 0.15) is 362 Å². The van der Waals surface area contributed by atoms with Crippen LogP contribution in [0.5, 0.6) is 0 Å². The number of carbonyl (C=O) groups is 4. The van der Waals surface area contributed by atoms with Crippen LogP contribution in [0.2, 0.25) is 0 Å². The van der Waals surface area contributed by atoms with Crippen molar-refractivity contribution >= 4 is 39.5 Å². The molecule has 19 heteroatoms. The van der Waals surface area contributed by atoms with Gasteiger partial charge in [-0.1, -0.05) is 309 Å². The van der Waals surface area contributed by atoms with E-state index in [1.807, 2.05) is 0 Å². The Morgan fingerprint density at radius 1 is 0.304 bits per heavy atom. The van der Waals surface area contributed by atoms with Crippen LogP contribution in [0.4, 0.5) is 0 Å². The zero-order chi connectivity index (χ0) is 67.5. The highest BCUT2D eigenvalue weighted by molar-refractivity contribution is 7.47. The van der Waals surface area contributed by atoms with Gasteiger partial charge in [0, 0.05) is 25.7 Å². The molecule has 0 saturated heterocycles. The summed E-state index contributed by atoms with van der Waals surface area (Å²) < 4.78 is 68.4. The molecule has 0 radical (unpaired) electrons. The van der Waals surface area contributed by atoms with Gasteiger partial charge in [0.05, 0.1) is 26.4 Å². The number of allylic oxidation sites excluding steroid dienone is 4. The van der Waals surface area contributed by atoms with E-state index in [-0.39, 0.29) is 25.7 Å². The zero-order valence-electron chi connectivity index (χ0n) is 59.0. The lowest BCUT2D eigenvalue weighted by Crippen LogP contribution is -2.30. The molecular weight excluding hydrogens is 1210 g/mol. The summed E-state index contributed by atoms with van der Waals surface area (Å²) in [6.07, 6.45) is 58.9. The fraction of sp³-hybridized carbons (Fsp3) is 0.890. The number of hydrogen-bond donors (Lipinski definition) is 3. The quantitative estimate of drug-likeness (QED) is 0.0169. The van der Waals surface area contributed by atoms with Crippen LogP contribution in [0.3, 0.4) is 0 Å². The maximum Gasteiger partial charge on any atom is 0.472 e. The van der Waals surface area contributed by atoms with E-state index in [2.05, 4.69) is 52.0 Å².